The molecule has 17 heavy (non-hydrogen) atoms. The molecule has 0 aliphatic carbocycles. The Morgan fingerprint density at radius 2 is 2.29 bits per heavy atom. The zero-order chi connectivity index (χ0) is 12.1. The maximum Gasteiger partial charge on any atom is 0.0802 e. The molecule has 0 fully saturated rings. The molecule has 1 atom stereocenters. The van der Waals surface area contributed by atoms with E-state index in [1.165, 1.54) is 5.56 Å². The molecule has 2 rings (SSSR count). The summed E-state index contributed by atoms with van der Waals surface area (Å²) < 4.78 is 2.11. The highest BCUT2D eigenvalue weighted by Gasteiger charge is 2.05. The number of nitrogens with zero attached hydrogens (tertiary/aromatic N) is 2. The third kappa shape index (κ3) is 3.17. The number of hydrogen-bond donors (Lipinski definition) is 1. The van der Waals surface area contributed by atoms with E-state index in [9.17, 15) is 5.11 Å². The Hall–Kier alpha value is -1.61. The number of aryl methyl sites for hydroxylation is 2. The lowest BCUT2D eigenvalue weighted by atomic mass is 10.1. The molecule has 0 spiro atoms. The molecule has 90 valence electrons. The molecule has 2 aromatic rings. The topological polar surface area (TPSA) is 38.0 Å². The fourth-order valence-electron chi connectivity index (χ4n) is 1.84. The van der Waals surface area contributed by atoms with Crippen LogP contribution in [0.3, 0.4) is 0 Å². The van der Waals surface area contributed by atoms with Crippen LogP contribution in [0.4, 0.5) is 0 Å². The van der Waals surface area contributed by atoms with Crippen molar-refractivity contribution in [2.24, 2.45) is 0 Å². The summed E-state index contributed by atoms with van der Waals surface area (Å²) >= 11 is 0. The number of aromatic nitrogens is 2. The Labute approximate surface area is 102 Å². The number of hydrogen-bond acceptors (Lipinski definition) is 2. The van der Waals surface area contributed by atoms with Crippen LogP contribution in [0.25, 0.3) is 0 Å². The van der Waals surface area contributed by atoms with E-state index in [2.05, 4.69) is 15.6 Å². The van der Waals surface area contributed by atoms with E-state index in [0.29, 0.717) is 0 Å². The SMILES string of the molecule is CCC(O)c1ccn(CCc2cccnc2)c1. The van der Waals surface area contributed by atoms with Crippen LogP contribution in [0, 0.1) is 0 Å². The van der Waals surface area contributed by atoms with Gasteiger partial charge in [0.1, 0.15) is 0 Å². The standard InChI is InChI=1S/C14H18N2O/c1-2-14(17)13-6-9-16(11-13)8-5-12-4-3-7-15-10-12/h3-4,6-7,9-11,14,17H,2,5,8H2,1H3. The fraction of sp³-hybridized carbons (Fsp3) is 0.357. The largest absolute Gasteiger partial charge is 0.388 e. The number of aliphatic hydroxyl groups excluding tert-OH is 1. The van der Waals surface area contributed by atoms with Gasteiger partial charge in [-0.15, -0.1) is 0 Å². The van der Waals surface area contributed by atoms with Gasteiger partial charge in [-0.25, -0.2) is 0 Å². The monoisotopic (exact) mass is 230 g/mol. The maximum absolute atomic E-state index is 9.70. The second kappa shape index (κ2) is 5.64. The average molecular weight is 230 g/mol. The first-order chi connectivity index (χ1) is 8.29. The van der Waals surface area contributed by atoms with Gasteiger partial charge in [0.15, 0.2) is 0 Å². The number of rotatable bonds is 5. The summed E-state index contributed by atoms with van der Waals surface area (Å²) in [5.41, 5.74) is 2.23. The summed E-state index contributed by atoms with van der Waals surface area (Å²) in [5.74, 6) is 0. The zero-order valence-corrected chi connectivity index (χ0v) is 10.1. The molecule has 0 amide bonds. The second-order valence-corrected chi connectivity index (χ2v) is 4.22. The molecule has 0 aliphatic heterocycles. The van der Waals surface area contributed by atoms with Gasteiger partial charge in [-0.2, -0.15) is 0 Å². The van der Waals surface area contributed by atoms with Crippen molar-refractivity contribution in [1.82, 2.24) is 9.55 Å². The first kappa shape index (κ1) is 11.9. The average Bonchev–Trinajstić information content (AvgIpc) is 2.85. The van der Waals surface area contributed by atoms with Crippen molar-refractivity contribution in [3.05, 3.63) is 54.1 Å². The minimum atomic E-state index is -0.338. The molecule has 0 radical (unpaired) electrons. The highest BCUT2D eigenvalue weighted by atomic mass is 16.3. The first-order valence-corrected chi connectivity index (χ1v) is 6.02. The molecule has 0 aliphatic rings. The predicted octanol–water partition coefficient (Wildman–Crippen LogP) is 2.57. The van der Waals surface area contributed by atoms with E-state index >= 15 is 0 Å². The molecule has 0 saturated heterocycles. The number of pyridine rings is 1. The molecular formula is C14H18N2O. The van der Waals surface area contributed by atoms with Gasteiger partial charge in [0.25, 0.3) is 0 Å². The molecular weight excluding hydrogens is 212 g/mol. The van der Waals surface area contributed by atoms with Gasteiger partial charge in [-0.05, 0) is 36.1 Å². The lowest BCUT2D eigenvalue weighted by Crippen LogP contribution is -1.99. The normalized spacial score (nSPS) is 12.6. The van der Waals surface area contributed by atoms with Gasteiger partial charge >= 0.3 is 0 Å². The van der Waals surface area contributed by atoms with Gasteiger partial charge in [0.2, 0.25) is 0 Å². The first-order valence-electron chi connectivity index (χ1n) is 6.02. The Bertz CT molecular complexity index is 450. The van der Waals surface area contributed by atoms with E-state index in [1.54, 1.807) is 6.20 Å². The highest BCUT2D eigenvalue weighted by Crippen LogP contribution is 2.16. The van der Waals surface area contributed by atoms with E-state index in [4.69, 9.17) is 0 Å². The highest BCUT2D eigenvalue weighted by molar-refractivity contribution is 5.14. The third-order valence-electron chi connectivity index (χ3n) is 2.93. The molecule has 2 heterocycles. The molecule has 2 aromatic heterocycles. The third-order valence-corrected chi connectivity index (χ3v) is 2.93. The Balaban J connectivity index is 1.94. The van der Waals surface area contributed by atoms with E-state index < -0.39 is 0 Å². The predicted molar refractivity (Wildman–Crippen MR) is 67.6 cm³/mol. The van der Waals surface area contributed by atoms with Crippen molar-refractivity contribution >= 4 is 0 Å². The maximum atomic E-state index is 9.70. The fourth-order valence-corrected chi connectivity index (χ4v) is 1.84. The smallest absolute Gasteiger partial charge is 0.0802 e. The van der Waals surface area contributed by atoms with Crippen molar-refractivity contribution in [2.75, 3.05) is 0 Å². The molecule has 0 bridgehead atoms. The van der Waals surface area contributed by atoms with Crippen molar-refractivity contribution in [3.8, 4) is 0 Å². The molecule has 1 unspecified atom stereocenters. The molecule has 0 aromatic carbocycles. The van der Waals surface area contributed by atoms with Crippen LogP contribution in [0.5, 0.6) is 0 Å². The van der Waals surface area contributed by atoms with E-state index in [0.717, 1.165) is 24.9 Å². The second-order valence-electron chi connectivity index (χ2n) is 4.22. The van der Waals surface area contributed by atoms with E-state index in [1.807, 2.05) is 37.6 Å². The summed E-state index contributed by atoms with van der Waals surface area (Å²) in [7, 11) is 0. The summed E-state index contributed by atoms with van der Waals surface area (Å²) in [6.45, 7) is 2.90. The zero-order valence-electron chi connectivity index (χ0n) is 10.1. The molecule has 0 saturated carbocycles. The minimum absolute atomic E-state index is 0.338. The number of aliphatic hydroxyl groups is 1. The summed E-state index contributed by atoms with van der Waals surface area (Å²) in [6, 6.07) is 6.02. The van der Waals surface area contributed by atoms with Crippen LogP contribution in [-0.4, -0.2) is 14.7 Å². The lowest BCUT2D eigenvalue weighted by molar-refractivity contribution is 0.173. The molecule has 3 heteroatoms. The van der Waals surface area contributed by atoms with Gasteiger partial charge in [0.05, 0.1) is 6.10 Å². The minimum Gasteiger partial charge on any atom is -0.388 e. The van der Waals surface area contributed by atoms with Crippen LogP contribution in [-0.2, 0) is 13.0 Å². The van der Waals surface area contributed by atoms with E-state index in [-0.39, 0.29) is 6.10 Å². The Morgan fingerprint density at radius 1 is 1.41 bits per heavy atom. The van der Waals surface area contributed by atoms with Crippen LogP contribution in [0.15, 0.2) is 43.0 Å². The van der Waals surface area contributed by atoms with Gasteiger partial charge < -0.3 is 9.67 Å². The Morgan fingerprint density at radius 3 is 3.00 bits per heavy atom. The Kier molecular flexibility index (Phi) is 3.94. The van der Waals surface area contributed by atoms with Crippen molar-refractivity contribution in [3.63, 3.8) is 0 Å². The van der Waals surface area contributed by atoms with Crippen LogP contribution < -0.4 is 0 Å². The van der Waals surface area contributed by atoms with Gasteiger partial charge in [-0.1, -0.05) is 13.0 Å². The lowest BCUT2D eigenvalue weighted by Gasteiger charge is -2.05. The van der Waals surface area contributed by atoms with Crippen LogP contribution in [0.2, 0.25) is 0 Å². The molecule has 1 N–H and O–H groups in total. The van der Waals surface area contributed by atoms with Crippen molar-refractivity contribution in [2.45, 2.75) is 32.4 Å². The van der Waals surface area contributed by atoms with Gasteiger partial charge in [-0.3, -0.25) is 4.98 Å². The van der Waals surface area contributed by atoms with Crippen LogP contribution in [0.1, 0.15) is 30.6 Å². The quantitative estimate of drug-likeness (QED) is 0.857. The van der Waals surface area contributed by atoms with Gasteiger partial charge in [0, 0.05) is 31.3 Å². The van der Waals surface area contributed by atoms with Crippen molar-refractivity contribution in [1.29, 1.82) is 0 Å². The summed E-state index contributed by atoms with van der Waals surface area (Å²) in [5, 5.41) is 9.70. The van der Waals surface area contributed by atoms with Crippen molar-refractivity contribution < 1.29 is 5.11 Å². The summed E-state index contributed by atoms with van der Waals surface area (Å²) in [6.07, 6.45) is 9.10. The van der Waals surface area contributed by atoms with Crippen LogP contribution >= 0.6 is 0 Å². The molecule has 3 nitrogen and oxygen atoms in total. The summed E-state index contributed by atoms with van der Waals surface area (Å²) in [4.78, 5) is 4.09.